The van der Waals surface area contributed by atoms with Crippen LogP contribution < -0.4 is 5.32 Å². The van der Waals surface area contributed by atoms with Crippen LogP contribution in [0, 0.1) is 0 Å². The Morgan fingerprint density at radius 3 is 2.74 bits per heavy atom. The first-order valence-electron chi connectivity index (χ1n) is 7.81. The van der Waals surface area contributed by atoms with E-state index in [1.54, 1.807) is 19.1 Å². The van der Waals surface area contributed by atoms with E-state index in [1.165, 1.54) is 34.4 Å². The average Bonchev–Trinajstić information content (AvgIpc) is 3.23. The van der Waals surface area contributed by atoms with Crippen LogP contribution in [0.5, 0.6) is 0 Å². The number of benzene rings is 1. The molecule has 27 heavy (non-hydrogen) atoms. The summed E-state index contributed by atoms with van der Waals surface area (Å²) in [5.41, 5.74) is 0.399. The molecule has 6 nitrogen and oxygen atoms in total. The van der Waals surface area contributed by atoms with Crippen molar-refractivity contribution < 1.29 is 19.5 Å². The Kier molecular flexibility index (Phi) is 5.73. The molecular formula is C18H14N2O4S3. The van der Waals surface area contributed by atoms with Crippen molar-refractivity contribution in [3.63, 3.8) is 0 Å². The van der Waals surface area contributed by atoms with Gasteiger partial charge in [0.05, 0.1) is 10.5 Å². The first kappa shape index (κ1) is 19.3. The molecule has 0 bridgehead atoms. The molecule has 2 N–H and O–H groups in total. The predicted octanol–water partition coefficient (Wildman–Crippen LogP) is 3.67. The standard InChI is InChI=1S/C18H14N2O4S3/c1-10(15(21)19-12-5-2-4-11(8-12)17(23)24)20-16(22)14(27-18(20)25)9-13-6-3-7-26-13/h2-10H,1H3,(H,19,21)(H,23,24)/b14-9-/t10-/m0/s1. The number of carbonyl (C=O) groups excluding carboxylic acids is 2. The summed E-state index contributed by atoms with van der Waals surface area (Å²) < 4.78 is 0.310. The summed E-state index contributed by atoms with van der Waals surface area (Å²) in [7, 11) is 0. The van der Waals surface area contributed by atoms with E-state index >= 15 is 0 Å². The van der Waals surface area contributed by atoms with E-state index in [9.17, 15) is 14.4 Å². The summed E-state index contributed by atoms with van der Waals surface area (Å²) in [6, 6.07) is 8.85. The lowest BCUT2D eigenvalue weighted by molar-refractivity contribution is -0.129. The van der Waals surface area contributed by atoms with Crippen molar-refractivity contribution in [2.45, 2.75) is 13.0 Å². The minimum absolute atomic E-state index is 0.0601. The van der Waals surface area contributed by atoms with Crippen LogP contribution in [-0.4, -0.2) is 38.2 Å². The van der Waals surface area contributed by atoms with Gasteiger partial charge in [-0.25, -0.2) is 4.79 Å². The average molecular weight is 419 g/mol. The van der Waals surface area contributed by atoms with E-state index in [4.69, 9.17) is 17.3 Å². The van der Waals surface area contributed by atoms with Crippen LogP contribution in [0.15, 0.2) is 46.7 Å². The van der Waals surface area contributed by atoms with Gasteiger partial charge < -0.3 is 10.4 Å². The minimum Gasteiger partial charge on any atom is -0.478 e. The molecule has 2 heterocycles. The second-order valence-corrected chi connectivity index (χ2v) is 8.27. The van der Waals surface area contributed by atoms with Crippen molar-refractivity contribution in [1.82, 2.24) is 4.90 Å². The largest absolute Gasteiger partial charge is 0.478 e. The van der Waals surface area contributed by atoms with Crippen LogP contribution in [0.25, 0.3) is 6.08 Å². The van der Waals surface area contributed by atoms with Crippen LogP contribution in [-0.2, 0) is 9.59 Å². The van der Waals surface area contributed by atoms with E-state index in [0.29, 0.717) is 14.9 Å². The Bertz CT molecular complexity index is 953. The molecule has 2 amide bonds. The Morgan fingerprint density at radius 2 is 2.07 bits per heavy atom. The quantitative estimate of drug-likeness (QED) is 0.569. The second kappa shape index (κ2) is 8.03. The van der Waals surface area contributed by atoms with Gasteiger partial charge in [0, 0.05) is 10.6 Å². The third-order valence-electron chi connectivity index (χ3n) is 3.78. The Labute approximate surface area is 168 Å². The molecule has 1 saturated heterocycles. The number of hydrogen-bond acceptors (Lipinski definition) is 6. The molecule has 0 saturated carbocycles. The maximum atomic E-state index is 12.7. The normalized spacial score (nSPS) is 16.6. The fourth-order valence-corrected chi connectivity index (χ4v) is 4.55. The van der Waals surface area contributed by atoms with E-state index in [2.05, 4.69) is 5.32 Å². The number of hydrogen-bond donors (Lipinski definition) is 2. The van der Waals surface area contributed by atoms with Crippen LogP contribution in [0.2, 0.25) is 0 Å². The summed E-state index contributed by atoms with van der Waals surface area (Å²) in [5.74, 6) is -1.86. The van der Waals surface area contributed by atoms with Crippen LogP contribution in [0.1, 0.15) is 22.2 Å². The number of carboxylic acid groups (broad SMARTS) is 1. The van der Waals surface area contributed by atoms with Gasteiger partial charge in [0.25, 0.3) is 5.91 Å². The van der Waals surface area contributed by atoms with Gasteiger partial charge in [-0.15, -0.1) is 11.3 Å². The fourth-order valence-electron chi connectivity index (χ4n) is 2.41. The van der Waals surface area contributed by atoms with E-state index < -0.39 is 17.9 Å². The number of aromatic carboxylic acids is 1. The summed E-state index contributed by atoms with van der Waals surface area (Å²) in [5, 5.41) is 13.6. The summed E-state index contributed by atoms with van der Waals surface area (Å²) in [6.45, 7) is 1.58. The first-order valence-corrected chi connectivity index (χ1v) is 9.92. The lowest BCUT2D eigenvalue weighted by Gasteiger charge is -2.22. The molecule has 1 atom stereocenters. The van der Waals surface area contributed by atoms with Gasteiger partial charge in [0.15, 0.2) is 0 Å². The van der Waals surface area contributed by atoms with E-state index in [-0.39, 0.29) is 11.5 Å². The predicted molar refractivity (Wildman–Crippen MR) is 111 cm³/mol. The highest BCUT2D eigenvalue weighted by molar-refractivity contribution is 8.26. The lowest BCUT2D eigenvalue weighted by Crippen LogP contribution is -2.44. The Hall–Kier alpha value is -2.49. The SMILES string of the molecule is C[C@@H](C(=O)Nc1cccc(C(=O)O)c1)N1C(=O)/C(=C/c2cccs2)SC1=S. The number of carbonyl (C=O) groups is 3. The van der Waals surface area contributed by atoms with Gasteiger partial charge in [0.2, 0.25) is 5.91 Å². The molecule has 0 spiro atoms. The summed E-state index contributed by atoms with van der Waals surface area (Å²) in [6.07, 6.45) is 1.75. The van der Waals surface area contributed by atoms with Gasteiger partial charge in [-0.1, -0.05) is 36.1 Å². The molecule has 138 valence electrons. The van der Waals surface area contributed by atoms with Gasteiger partial charge in [-0.2, -0.15) is 0 Å². The number of thioether (sulfide) groups is 1. The lowest BCUT2D eigenvalue weighted by atomic mass is 10.2. The molecule has 0 unspecified atom stereocenters. The fraction of sp³-hybridized carbons (Fsp3) is 0.111. The molecule has 1 aromatic carbocycles. The maximum Gasteiger partial charge on any atom is 0.335 e. The number of nitrogens with zero attached hydrogens (tertiary/aromatic N) is 1. The van der Waals surface area contributed by atoms with Crippen molar-refractivity contribution in [3.8, 4) is 0 Å². The number of carboxylic acids is 1. The number of nitrogens with one attached hydrogen (secondary N) is 1. The third kappa shape index (κ3) is 4.26. The van der Waals surface area contributed by atoms with E-state index in [0.717, 1.165) is 16.6 Å². The first-order chi connectivity index (χ1) is 12.9. The monoisotopic (exact) mass is 418 g/mol. The molecule has 0 aliphatic carbocycles. The van der Waals surface area contributed by atoms with Gasteiger partial charge in [-0.05, 0) is 42.6 Å². The zero-order valence-electron chi connectivity index (χ0n) is 14.0. The molecule has 0 radical (unpaired) electrons. The molecule has 1 aromatic heterocycles. The van der Waals surface area contributed by atoms with Gasteiger partial charge in [-0.3, -0.25) is 14.5 Å². The van der Waals surface area contributed by atoms with Gasteiger partial charge in [0.1, 0.15) is 10.4 Å². The number of amides is 2. The van der Waals surface area contributed by atoms with Crippen molar-refractivity contribution in [3.05, 3.63) is 57.1 Å². The highest BCUT2D eigenvalue weighted by Crippen LogP contribution is 2.34. The Balaban J connectivity index is 1.75. The van der Waals surface area contributed by atoms with Gasteiger partial charge >= 0.3 is 5.97 Å². The van der Waals surface area contributed by atoms with Crippen LogP contribution in [0.3, 0.4) is 0 Å². The zero-order valence-corrected chi connectivity index (χ0v) is 16.5. The Morgan fingerprint density at radius 1 is 1.30 bits per heavy atom. The van der Waals surface area contributed by atoms with Crippen molar-refractivity contribution in [2.24, 2.45) is 0 Å². The maximum absolute atomic E-state index is 12.7. The third-order valence-corrected chi connectivity index (χ3v) is 5.93. The zero-order chi connectivity index (χ0) is 19.6. The molecule has 2 aromatic rings. The van der Waals surface area contributed by atoms with E-state index in [1.807, 2.05) is 17.5 Å². The molecule has 1 fully saturated rings. The molecule has 1 aliphatic heterocycles. The highest BCUT2D eigenvalue weighted by Gasteiger charge is 2.38. The molecule has 9 heteroatoms. The highest BCUT2D eigenvalue weighted by atomic mass is 32.2. The number of anilines is 1. The number of thiocarbonyl (C=S) groups is 1. The topological polar surface area (TPSA) is 86.7 Å². The van der Waals surface area contributed by atoms with Crippen molar-refractivity contribution >= 4 is 69.2 Å². The molecule has 1 aliphatic rings. The molecular weight excluding hydrogens is 404 g/mol. The summed E-state index contributed by atoms with van der Waals surface area (Å²) in [4.78, 5) is 39.0. The molecule has 3 rings (SSSR count). The van der Waals surface area contributed by atoms with Crippen molar-refractivity contribution in [2.75, 3.05) is 5.32 Å². The second-order valence-electron chi connectivity index (χ2n) is 5.62. The van der Waals surface area contributed by atoms with Crippen LogP contribution in [0.4, 0.5) is 5.69 Å². The number of thiophene rings is 1. The minimum atomic E-state index is -1.09. The van der Waals surface area contributed by atoms with Crippen molar-refractivity contribution in [1.29, 1.82) is 0 Å². The summed E-state index contributed by atoms with van der Waals surface area (Å²) >= 11 is 7.94. The smallest absolute Gasteiger partial charge is 0.335 e. The number of rotatable bonds is 5. The van der Waals surface area contributed by atoms with Crippen LogP contribution >= 0.6 is 35.3 Å².